The summed E-state index contributed by atoms with van der Waals surface area (Å²) in [5, 5.41) is 12.0. The molecule has 1 aromatic carbocycles. The number of benzene rings is 1. The van der Waals surface area contributed by atoms with Gasteiger partial charge in [0.2, 0.25) is 0 Å². The third kappa shape index (κ3) is 1.46. The molecule has 0 spiro atoms. The molecule has 5 nitrogen and oxygen atoms in total. The van der Waals surface area contributed by atoms with Crippen LogP contribution in [0.5, 0.6) is 0 Å². The summed E-state index contributed by atoms with van der Waals surface area (Å²) in [7, 11) is 0. The van der Waals surface area contributed by atoms with E-state index in [1.807, 2.05) is 0 Å². The molecule has 0 radical (unpaired) electrons. The van der Waals surface area contributed by atoms with Crippen molar-refractivity contribution >= 4 is 0 Å². The molecule has 0 atom stereocenters. The molecule has 1 heterocycles. The molecule has 80 valence electrons. The molecule has 0 fully saturated rings. The van der Waals surface area contributed by atoms with Crippen LogP contribution in [0.3, 0.4) is 0 Å². The highest BCUT2D eigenvalue weighted by Crippen LogP contribution is 2.16. The molecule has 0 aliphatic heterocycles. The van der Waals surface area contributed by atoms with Crippen molar-refractivity contribution in [3.8, 4) is 11.8 Å². The van der Waals surface area contributed by atoms with E-state index in [1.165, 1.54) is 6.07 Å². The normalized spacial score (nSPS) is 10.1. The first-order valence-corrected chi connectivity index (χ1v) is 4.15. The second-order valence-corrected chi connectivity index (χ2v) is 2.90. The molecule has 7 heteroatoms. The minimum atomic E-state index is -0.909. The van der Waals surface area contributed by atoms with E-state index in [0.717, 1.165) is 12.4 Å². The van der Waals surface area contributed by atoms with E-state index in [0.29, 0.717) is 10.7 Å². The van der Waals surface area contributed by atoms with Crippen LogP contribution in [0, 0.1) is 23.0 Å². The Hall–Kier alpha value is -2.49. The molecule has 0 saturated carbocycles. The predicted molar refractivity (Wildman–Crippen MR) is 48.8 cm³/mol. The van der Waals surface area contributed by atoms with Crippen molar-refractivity contribution in [1.82, 2.24) is 14.8 Å². The predicted octanol–water partition coefficient (Wildman–Crippen LogP) is 0.710. The highest BCUT2D eigenvalue weighted by molar-refractivity contribution is 5.41. The molecule has 0 bridgehead atoms. The van der Waals surface area contributed by atoms with Crippen LogP contribution in [-0.2, 0) is 0 Å². The average molecular weight is 222 g/mol. The highest BCUT2D eigenvalue weighted by atomic mass is 19.1. The van der Waals surface area contributed by atoms with Crippen molar-refractivity contribution in [2.24, 2.45) is 0 Å². The van der Waals surface area contributed by atoms with Crippen molar-refractivity contribution in [2.75, 3.05) is 0 Å². The van der Waals surface area contributed by atoms with Crippen LogP contribution in [0.15, 0.2) is 23.3 Å². The van der Waals surface area contributed by atoms with Crippen LogP contribution in [-0.4, -0.2) is 14.8 Å². The third-order valence-corrected chi connectivity index (χ3v) is 1.94. The van der Waals surface area contributed by atoms with Gasteiger partial charge in [0.15, 0.2) is 5.82 Å². The molecule has 1 N–H and O–H groups in total. The van der Waals surface area contributed by atoms with Gasteiger partial charge in [-0.15, -0.1) is 0 Å². The quantitative estimate of drug-likeness (QED) is 0.772. The van der Waals surface area contributed by atoms with E-state index in [1.54, 1.807) is 0 Å². The maximum atomic E-state index is 13.4. The number of aromatic nitrogens is 3. The number of rotatable bonds is 1. The molecule has 2 rings (SSSR count). The lowest BCUT2D eigenvalue weighted by Crippen LogP contribution is -2.17. The van der Waals surface area contributed by atoms with Gasteiger partial charge in [-0.3, -0.25) is 4.98 Å². The van der Waals surface area contributed by atoms with Gasteiger partial charge in [0, 0.05) is 6.07 Å². The molecule has 0 aliphatic carbocycles. The van der Waals surface area contributed by atoms with Crippen molar-refractivity contribution in [1.29, 1.82) is 5.26 Å². The summed E-state index contributed by atoms with van der Waals surface area (Å²) in [6.45, 7) is 0. The van der Waals surface area contributed by atoms with Gasteiger partial charge in [-0.05, 0) is 6.07 Å². The minimum Gasteiger partial charge on any atom is -0.295 e. The minimum absolute atomic E-state index is 0.345. The number of nitrogens with zero attached hydrogens (tertiary/aromatic N) is 3. The fourth-order valence-electron chi connectivity index (χ4n) is 1.21. The highest BCUT2D eigenvalue weighted by Gasteiger charge is 2.13. The number of hydrogen-bond acceptors (Lipinski definition) is 3. The topological polar surface area (TPSA) is 74.5 Å². The molecule has 0 amide bonds. The van der Waals surface area contributed by atoms with Crippen molar-refractivity contribution in [2.45, 2.75) is 0 Å². The van der Waals surface area contributed by atoms with Crippen molar-refractivity contribution in [3.05, 3.63) is 46.1 Å². The Kier molecular flexibility index (Phi) is 2.25. The number of hydrogen-bond donors (Lipinski definition) is 1. The van der Waals surface area contributed by atoms with Gasteiger partial charge in [-0.25, -0.2) is 13.6 Å². The number of nitrogens with one attached hydrogen (secondary N) is 1. The maximum absolute atomic E-state index is 13.4. The van der Waals surface area contributed by atoms with Gasteiger partial charge in [-0.2, -0.15) is 15.0 Å². The zero-order valence-corrected chi connectivity index (χ0v) is 7.74. The molecule has 1 aromatic heterocycles. The van der Waals surface area contributed by atoms with Gasteiger partial charge in [0.25, 0.3) is 0 Å². The Bertz CT molecular complexity index is 638. The van der Waals surface area contributed by atoms with Crippen molar-refractivity contribution < 1.29 is 8.78 Å². The Morgan fingerprint density at radius 3 is 2.69 bits per heavy atom. The summed E-state index contributed by atoms with van der Waals surface area (Å²) < 4.78 is 27.3. The summed E-state index contributed by atoms with van der Waals surface area (Å²) in [4.78, 5) is 13.3. The van der Waals surface area contributed by atoms with Crippen LogP contribution in [0.4, 0.5) is 8.78 Å². The number of nitriles is 1. The van der Waals surface area contributed by atoms with E-state index >= 15 is 0 Å². The van der Waals surface area contributed by atoms with Gasteiger partial charge in [0.1, 0.15) is 23.9 Å². The third-order valence-electron chi connectivity index (χ3n) is 1.94. The maximum Gasteiger partial charge on any atom is 0.347 e. The van der Waals surface area contributed by atoms with Gasteiger partial charge in [-0.1, -0.05) is 0 Å². The Morgan fingerprint density at radius 2 is 2.12 bits per heavy atom. The van der Waals surface area contributed by atoms with E-state index in [-0.39, 0.29) is 5.69 Å². The van der Waals surface area contributed by atoms with E-state index < -0.39 is 22.9 Å². The van der Waals surface area contributed by atoms with Crippen molar-refractivity contribution in [3.63, 3.8) is 0 Å². The number of H-pyrrole nitrogens is 1. The fraction of sp³-hybridized carbons (Fsp3) is 0. The summed E-state index contributed by atoms with van der Waals surface area (Å²) in [5.74, 6) is -1.80. The molecular weight excluding hydrogens is 218 g/mol. The van der Waals surface area contributed by atoms with Crippen LogP contribution >= 0.6 is 0 Å². The summed E-state index contributed by atoms with van der Waals surface area (Å²) >= 11 is 0. The summed E-state index contributed by atoms with van der Waals surface area (Å²) in [6.07, 6.45) is 1.05. The fourth-order valence-corrected chi connectivity index (χ4v) is 1.21. The zero-order chi connectivity index (χ0) is 11.7. The Balaban J connectivity index is 2.69. The molecule has 0 unspecified atom stereocenters. The first-order valence-electron chi connectivity index (χ1n) is 4.15. The molecule has 2 aromatic rings. The SMILES string of the molecule is N#Cc1cc(F)c(-n2nc[nH]c2=O)cc1F. The lowest BCUT2D eigenvalue weighted by atomic mass is 10.2. The van der Waals surface area contributed by atoms with Crippen LogP contribution < -0.4 is 5.69 Å². The van der Waals surface area contributed by atoms with Crippen LogP contribution in [0.1, 0.15) is 5.56 Å². The average Bonchev–Trinajstić information content (AvgIpc) is 2.67. The zero-order valence-electron chi connectivity index (χ0n) is 7.74. The molecular formula is C9H4F2N4O. The second-order valence-electron chi connectivity index (χ2n) is 2.90. The number of halogens is 2. The van der Waals surface area contributed by atoms with Crippen LogP contribution in [0.2, 0.25) is 0 Å². The Labute approximate surface area is 87.6 Å². The first-order chi connectivity index (χ1) is 7.63. The monoisotopic (exact) mass is 222 g/mol. The van der Waals surface area contributed by atoms with Gasteiger partial charge in [0.05, 0.1) is 5.56 Å². The van der Waals surface area contributed by atoms with Gasteiger partial charge >= 0.3 is 5.69 Å². The van der Waals surface area contributed by atoms with Crippen LogP contribution in [0.25, 0.3) is 5.69 Å². The van der Waals surface area contributed by atoms with E-state index in [4.69, 9.17) is 5.26 Å². The summed E-state index contributed by atoms with van der Waals surface area (Å²) in [6, 6.07) is 2.95. The Morgan fingerprint density at radius 1 is 1.38 bits per heavy atom. The second kappa shape index (κ2) is 3.58. The van der Waals surface area contributed by atoms with Gasteiger partial charge < -0.3 is 0 Å². The first kappa shape index (κ1) is 10.0. The molecule has 0 aliphatic rings. The number of aromatic amines is 1. The summed E-state index contributed by atoms with van der Waals surface area (Å²) in [5.41, 5.74) is -1.46. The molecule has 0 saturated heterocycles. The van der Waals surface area contributed by atoms with E-state index in [2.05, 4.69) is 10.1 Å². The molecule has 16 heavy (non-hydrogen) atoms. The lowest BCUT2D eigenvalue weighted by Gasteiger charge is -2.02. The standard InChI is InChI=1S/C9H4F2N4O/c10-6-2-8(7(11)1-5(6)3-12)15-9(16)13-4-14-15/h1-2,4H,(H,13,14,16). The van der Waals surface area contributed by atoms with E-state index in [9.17, 15) is 13.6 Å². The lowest BCUT2D eigenvalue weighted by molar-refractivity contribution is 0.582. The largest absolute Gasteiger partial charge is 0.347 e. The smallest absolute Gasteiger partial charge is 0.295 e.